The summed E-state index contributed by atoms with van der Waals surface area (Å²) in [6.07, 6.45) is 0.361. The number of carbonyl (C=O) groups excluding carboxylic acids is 2. The number of ether oxygens (including phenoxy) is 3. The van der Waals surface area contributed by atoms with Crippen molar-refractivity contribution in [1.29, 1.82) is 0 Å². The number of benzene rings is 3. The maximum Gasteiger partial charge on any atom is 0.358 e. The molecule has 0 fully saturated rings. The van der Waals surface area contributed by atoms with Crippen molar-refractivity contribution >= 4 is 46.7 Å². The lowest BCUT2D eigenvalue weighted by atomic mass is 9.82. The van der Waals surface area contributed by atoms with Gasteiger partial charge in [-0.15, -0.1) is 0 Å². The summed E-state index contributed by atoms with van der Waals surface area (Å²) in [5.41, 5.74) is 6.79. The zero-order valence-corrected chi connectivity index (χ0v) is 25.4. The van der Waals surface area contributed by atoms with Crippen LogP contribution in [-0.4, -0.2) is 48.4 Å². The summed E-state index contributed by atoms with van der Waals surface area (Å²) in [6, 6.07) is 22.4. The summed E-state index contributed by atoms with van der Waals surface area (Å²) >= 11 is 11.7. The Balaban J connectivity index is 0.000000201. The van der Waals surface area contributed by atoms with Crippen molar-refractivity contribution in [3.8, 4) is 17.1 Å². The van der Waals surface area contributed by atoms with Gasteiger partial charge in [-0.1, -0.05) is 89.0 Å². The summed E-state index contributed by atoms with van der Waals surface area (Å²) in [4.78, 5) is 37.2. The van der Waals surface area contributed by atoms with Crippen molar-refractivity contribution in [2.45, 2.75) is 18.9 Å². The summed E-state index contributed by atoms with van der Waals surface area (Å²) in [7, 11) is 2.42. The maximum absolute atomic E-state index is 14.4. The first-order valence-electron chi connectivity index (χ1n) is 13.1. The molecule has 5 rings (SSSR count). The zero-order chi connectivity index (χ0) is 31.9. The molecule has 0 saturated carbocycles. The molecule has 1 aliphatic rings. The van der Waals surface area contributed by atoms with Gasteiger partial charge in [-0.05, 0) is 19.1 Å². The molecule has 0 saturated heterocycles. The number of hydrogen-bond donors (Lipinski definition) is 1. The van der Waals surface area contributed by atoms with Gasteiger partial charge in [0.25, 0.3) is 0 Å². The largest absolute Gasteiger partial charge is 0.492 e. The molecular formula is C31H27Cl2FN4O6. The summed E-state index contributed by atoms with van der Waals surface area (Å²) < 4.78 is 28.9. The molecule has 0 amide bonds. The minimum Gasteiger partial charge on any atom is -0.492 e. The van der Waals surface area contributed by atoms with Gasteiger partial charge >= 0.3 is 11.9 Å². The van der Waals surface area contributed by atoms with E-state index in [1.807, 2.05) is 60.7 Å². The minimum absolute atomic E-state index is 0.0465. The third kappa shape index (κ3) is 6.58. The van der Waals surface area contributed by atoms with E-state index in [4.69, 9.17) is 43.2 Å². The van der Waals surface area contributed by atoms with Crippen LogP contribution in [0.5, 0.6) is 5.75 Å². The number of aromatic nitrogens is 2. The highest BCUT2D eigenvalue weighted by atomic mass is 35.5. The number of rotatable bonds is 7. The molecule has 0 radical (unpaired) electrons. The number of nitrogens with zero attached hydrogens (tertiary/aromatic N) is 3. The number of anilines is 1. The third-order valence-electron chi connectivity index (χ3n) is 6.47. The first-order valence-corrected chi connectivity index (χ1v) is 13.9. The lowest BCUT2D eigenvalue weighted by Gasteiger charge is -2.27. The normalized spacial score (nSPS) is 13.1. The Kier molecular flexibility index (Phi) is 10.4. The molecule has 10 nitrogen and oxygen atoms in total. The molecule has 2 N–H and O–H groups in total. The standard InChI is InChI=1S/C18H17NO3.C13H10Cl2FN3O3/c1-2-21-17(20)16-13-18(22-19-16,14-9-5-3-6-10-14)15-11-7-4-8-12-15;1-21-10-6(14)4-3-5(8(10)16)12-18-9(13(20)22-2)7(15)11(17)19-12/h3-12H,2,13H2,1H3;3-4H,1-2H3,(H2,17,18,19). The minimum atomic E-state index is -0.818. The Hall–Kier alpha value is -4.74. The predicted octanol–water partition coefficient (Wildman–Crippen LogP) is 6.24. The van der Waals surface area contributed by atoms with Crippen molar-refractivity contribution in [3.63, 3.8) is 0 Å². The van der Waals surface area contributed by atoms with Crippen molar-refractivity contribution in [3.05, 3.63) is 105 Å². The molecule has 0 aliphatic carbocycles. The quantitative estimate of drug-likeness (QED) is 0.233. The molecule has 13 heteroatoms. The Bertz CT molecular complexity index is 1650. The molecule has 0 bridgehead atoms. The van der Waals surface area contributed by atoms with Crippen molar-refractivity contribution in [2.24, 2.45) is 5.16 Å². The molecule has 2 heterocycles. The van der Waals surface area contributed by atoms with E-state index in [9.17, 15) is 14.0 Å². The Morgan fingerprint density at radius 3 is 2.11 bits per heavy atom. The topological polar surface area (TPSA) is 135 Å². The second-order valence-electron chi connectivity index (χ2n) is 9.11. The van der Waals surface area contributed by atoms with Gasteiger partial charge in [-0.3, -0.25) is 0 Å². The number of oxime groups is 1. The first kappa shape index (κ1) is 32.2. The van der Waals surface area contributed by atoms with Crippen molar-refractivity contribution in [1.82, 2.24) is 9.97 Å². The number of carbonyl (C=O) groups is 2. The van der Waals surface area contributed by atoms with Gasteiger partial charge in [-0.25, -0.2) is 23.9 Å². The molecule has 4 aromatic rings. The average molecular weight is 641 g/mol. The van der Waals surface area contributed by atoms with E-state index >= 15 is 0 Å². The maximum atomic E-state index is 14.4. The predicted molar refractivity (Wildman–Crippen MR) is 163 cm³/mol. The monoisotopic (exact) mass is 640 g/mol. The van der Waals surface area contributed by atoms with Crippen LogP contribution in [0.3, 0.4) is 0 Å². The summed E-state index contributed by atoms with van der Waals surface area (Å²) in [5, 5.41) is 3.92. The van der Waals surface area contributed by atoms with Crippen LogP contribution in [-0.2, 0) is 24.7 Å². The number of nitrogens with two attached hydrogens (primary N) is 1. The summed E-state index contributed by atoms with van der Waals surface area (Å²) in [5.74, 6) is -2.52. The Labute approximate surface area is 262 Å². The van der Waals surface area contributed by atoms with E-state index in [0.29, 0.717) is 18.7 Å². The van der Waals surface area contributed by atoms with Gasteiger partial charge in [-0.2, -0.15) is 0 Å². The molecule has 228 valence electrons. The second kappa shape index (κ2) is 14.2. The number of esters is 2. The molecular weight excluding hydrogens is 614 g/mol. The Morgan fingerprint density at radius 2 is 1.57 bits per heavy atom. The second-order valence-corrected chi connectivity index (χ2v) is 9.90. The lowest BCUT2D eigenvalue weighted by molar-refractivity contribution is -0.135. The van der Waals surface area contributed by atoms with Crippen LogP contribution in [0.1, 0.15) is 35.0 Å². The van der Waals surface area contributed by atoms with Gasteiger partial charge in [0.2, 0.25) is 0 Å². The van der Waals surface area contributed by atoms with Crippen LogP contribution >= 0.6 is 23.2 Å². The lowest BCUT2D eigenvalue weighted by Crippen LogP contribution is -2.29. The summed E-state index contributed by atoms with van der Waals surface area (Å²) in [6.45, 7) is 2.09. The average Bonchev–Trinajstić information content (AvgIpc) is 3.51. The molecule has 0 spiro atoms. The van der Waals surface area contributed by atoms with E-state index in [2.05, 4.69) is 19.9 Å². The smallest absolute Gasteiger partial charge is 0.358 e. The number of nitrogen functional groups attached to an aromatic ring is 1. The van der Waals surface area contributed by atoms with Gasteiger partial charge < -0.3 is 24.8 Å². The highest BCUT2D eigenvalue weighted by Gasteiger charge is 2.45. The van der Waals surface area contributed by atoms with Gasteiger partial charge in [0.05, 0.1) is 37.8 Å². The van der Waals surface area contributed by atoms with Crippen LogP contribution in [0.4, 0.5) is 10.2 Å². The van der Waals surface area contributed by atoms with E-state index < -0.39 is 23.4 Å². The Morgan fingerprint density at radius 1 is 0.955 bits per heavy atom. The number of halogens is 3. The van der Waals surface area contributed by atoms with Crippen molar-refractivity contribution in [2.75, 3.05) is 26.6 Å². The third-order valence-corrected chi connectivity index (χ3v) is 7.14. The van der Waals surface area contributed by atoms with Gasteiger partial charge in [0.1, 0.15) is 10.8 Å². The van der Waals surface area contributed by atoms with E-state index in [1.165, 1.54) is 19.2 Å². The highest BCUT2D eigenvalue weighted by molar-refractivity contribution is 6.37. The molecule has 0 atom stereocenters. The molecule has 44 heavy (non-hydrogen) atoms. The van der Waals surface area contributed by atoms with Crippen molar-refractivity contribution < 1.29 is 33.0 Å². The zero-order valence-electron chi connectivity index (χ0n) is 23.8. The molecule has 0 unspecified atom stereocenters. The van der Waals surface area contributed by atoms with Crippen LogP contribution in [0, 0.1) is 5.82 Å². The fraction of sp³-hybridized carbons (Fsp3) is 0.194. The van der Waals surface area contributed by atoms with Crippen LogP contribution in [0.25, 0.3) is 11.4 Å². The van der Waals surface area contributed by atoms with E-state index in [1.54, 1.807) is 6.92 Å². The number of methoxy groups -OCH3 is 2. The van der Waals surface area contributed by atoms with E-state index in [0.717, 1.165) is 18.2 Å². The first-order chi connectivity index (χ1) is 21.2. The highest BCUT2D eigenvalue weighted by Crippen LogP contribution is 2.41. The van der Waals surface area contributed by atoms with Crippen LogP contribution in [0.15, 0.2) is 78.0 Å². The van der Waals surface area contributed by atoms with Gasteiger partial charge in [0, 0.05) is 11.1 Å². The van der Waals surface area contributed by atoms with Gasteiger partial charge in [0.15, 0.2) is 34.4 Å². The van der Waals surface area contributed by atoms with Crippen LogP contribution < -0.4 is 10.5 Å². The molecule has 1 aliphatic heterocycles. The SMILES string of the molecule is CCOC(=O)C1=NOC(c2ccccc2)(c2ccccc2)C1.COC(=O)c1nc(-c2ccc(Cl)c(OC)c2F)nc(N)c1Cl. The number of hydrogen-bond acceptors (Lipinski definition) is 10. The fourth-order valence-electron chi connectivity index (χ4n) is 4.36. The van der Waals surface area contributed by atoms with Crippen LogP contribution in [0.2, 0.25) is 10.0 Å². The fourth-order valence-corrected chi connectivity index (χ4v) is 4.74. The molecule has 1 aromatic heterocycles. The molecule has 3 aromatic carbocycles. The van der Waals surface area contributed by atoms with E-state index in [-0.39, 0.29) is 38.7 Å².